The van der Waals surface area contributed by atoms with E-state index in [0.717, 1.165) is 9.86 Å². The molecule has 2 N–H and O–H groups in total. The van der Waals surface area contributed by atoms with Gasteiger partial charge in [0.05, 0.1) is 5.69 Å². The van der Waals surface area contributed by atoms with E-state index in [2.05, 4.69) is 27.6 Å². The van der Waals surface area contributed by atoms with Crippen LogP contribution in [0.3, 0.4) is 0 Å². The molecule has 4 heteroatoms. The van der Waals surface area contributed by atoms with Crippen LogP contribution in [0.4, 0.5) is 5.82 Å². The van der Waals surface area contributed by atoms with Crippen LogP contribution in [0.1, 0.15) is 16.1 Å². The average Bonchev–Trinajstić information content (AvgIpc) is 1.85. The number of aldehydes is 1. The van der Waals surface area contributed by atoms with Crippen molar-refractivity contribution in [3.8, 4) is 0 Å². The topological polar surface area (TPSA) is 56.0 Å². The molecule has 0 aliphatic carbocycles. The number of hydrogen-bond donors (Lipinski definition) is 1. The highest BCUT2D eigenvalue weighted by Crippen LogP contribution is 2.15. The number of carbonyl (C=O) groups excluding carboxylic acids is 1. The van der Waals surface area contributed by atoms with Gasteiger partial charge in [-0.15, -0.1) is 0 Å². The summed E-state index contributed by atoms with van der Waals surface area (Å²) in [5, 5.41) is 0. The quantitative estimate of drug-likeness (QED) is 0.614. The maximum Gasteiger partial charge on any atom is 0.152 e. The summed E-state index contributed by atoms with van der Waals surface area (Å²) in [5.41, 5.74) is 6.76. The first-order valence-electron chi connectivity index (χ1n) is 3.03. The van der Waals surface area contributed by atoms with E-state index in [1.54, 1.807) is 13.0 Å². The predicted molar refractivity (Wildman–Crippen MR) is 51.5 cm³/mol. The van der Waals surface area contributed by atoms with Gasteiger partial charge in [0.15, 0.2) is 6.29 Å². The van der Waals surface area contributed by atoms with Crippen molar-refractivity contribution in [3.05, 3.63) is 20.9 Å². The number of pyridine rings is 1. The Balaban J connectivity index is 3.36. The predicted octanol–water partition coefficient (Wildman–Crippen LogP) is 1.39. The van der Waals surface area contributed by atoms with Crippen molar-refractivity contribution in [2.24, 2.45) is 0 Å². The number of carbonyl (C=O) groups is 1. The molecule has 0 saturated carbocycles. The maximum atomic E-state index is 10.5. The van der Waals surface area contributed by atoms with Gasteiger partial charge in [0.1, 0.15) is 5.82 Å². The van der Waals surface area contributed by atoms with Gasteiger partial charge in [-0.05, 0) is 35.6 Å². The number of nitrogen functional groups attached to an aromatic ring is 1. The summed E-state index contributed by atoms with van der Waals surface area (Å²) in [6, 6.07) is 1.68. The van der Waals surface area contributed by atoms with Crippen LogP contribution in [-0.4, -0.2) is 11.3 Å². The standard InChI is InChI=1S/C7H7IN2O/c1-4-5(3-11)6(8)2-7(9)10-4/h2-3H,1H3,(H2,9,10). The number of aryl methyl sites for hydroxylation is 1. The lowest BCUT2D eigenvalue weighted by Crippen LogP contribution is -1.99. The number of nitrogens with zero attached hydrogens (tertiary/aromatic N) is 1. The summed E-state index contributed by atoms with van der Waals surface area (Å²) < 4.78 is 0.850. The van der Waals surface area contributed by atoms with Crippen molar-refractivity contribution in [2.45, 2.75) is 6.92 Å². The van der Waals surface area contributed by atoms with Crippen molar-refractivity contribution in [1.29, 1.82) is 0 Å². The lowest BCUT2D eigenvalue weighted by Gasteiger charge is -2.01. The molecule has 0 aliphatic heterocycles. The fourth-order valence-corrected chi connectivity index (χ4v) is 1.64. The van der Waals surface area contributed by atoms with Gasteiger partial charge in [-0.2, -0.15) is 0 Å². The van der Waals surface area contributed by atoms with Crippen molar-refractivity contribution in [1.82, 2.24) is 4.98 Å². The van der Waals surface area contributed by atoms with Crippen molar-refractivity contribution in [3.63, 3.8) is 0 Å². The van der Waals surface area contributed by atoms with E-state index in [9.17, 15) is 4.79 Å². The average molecular weight is 262 g/mol. The van der Waals surface area contributed by atoms with Gasteiger partial charge >= 0.3 is 0 Å². The third kappa shape index (κ3) is 1.68. The fraction of sp³-hybridized carbons (Fsp3) is 0.143. The Morgan fingerprint density at radius 1 is 1.73 bits per heavy atom. The molecule has 0 radical (unpaired) electrons. The number of aromatic nitrogens is 1. The van der Waals surface area contributed by atoms with Crippen molar-refractivity contribution >= 4 is 34.7 Å². The molecule has 0 atom stereocenters. The van der Waals surface area contributed by atoms with Gasteiger partial charge in [0.25, 0.3) is 0 Å². The third-order valence-corrected chi connectivity index (χ3v) is 2.23. The second kappa shape index (κ2) is 3.17. The van der Waals surface area contributed by atoms with E-state index in [0.29, 0.717) is 17.1 Å². The zero-order chi connectivity index (χ0) is 8.43. The number of nitrogens with two attached hydrogens (primary N) is 1. The molecular formula is C7H7IN2O. The smallest absolute Gasteiger partial charge is 0.152 e. The second-order valence-electron chi connectivity index (χ2n) is 2.15. The van der Waals surface area contributed by atoms with Gasteiger partial charge in [0.2, 0.25) is 0 Å². The molecular weight excluding hydrogens is 255 g/mol. The molecule has 0 aromatic carbocycles. The van der Waals surface area contributed by atoms with E-state index in [4.69, 9.17) is 5.73 Å². The highest BCUT2D eigenvalue weighted by molar-refractivity contribution is 14.1. The molecule has 1 heterocycles. The van der Waals surface area contributed by atoms with Crippen LogP contribution < -0.4 is 5.73 Å². The second-order valence-corrected chi connectivity index (χ2v) is 3.31. The highest BCUT2D eigenvalue weighted by Gasteiger charge is 2.03. The molecule has 11 heavy (non-hydrogen) atoms. The zero-order valence-electron chi connectivity index (χ0n) is 5.97. The Kier molecular flexibility index (Phi) is 2.43. The van der Waals surface area contributed by atoms with Crippen LogP contribution in [0, 0.1) is 10.5 Å². The molecule has 1 aromatic heterocycles. The first kappa shape index (κ1) is 8.45. The molecule has 58 valence electrons. The Labute approximate surface area is 78.1 Å². The van der Waals surface area contributed by atoms with Gasteiger partial charge in [0, 0.05) is 9.13 Å². The minimum Gasteiger partial charge on any atom is -0.384 e. The molecule has 0 aliphatic rings. The van der Waals surface area contributed by atoms with E-state index in [1.165, 1.54) is 0 Å². The molecule has 0 spiro atoms. The normalized spacial score (nSPS) is 9.64. The zero-order valence-corrected chi connectivity index (χ0v) is 8.12. The maximum absolute atomic E-state index is 10.5. The third-order valence-electron chi connectivity index (χ3n) is 1.34. The SMILES string of the molecule is Cc1nc(N)cc(I)c1C=O. The molecule has 0 bridgehead atoms. The number of halogens is 1. The van der Waals surface area contributed by atoms with Crippen molar-refractivity contribution in [2.75, 3.05) is 5.73 Å². The summed E-state index contributed by atoms with van der Waals surface area (Å²) in [4.78, 5) is 14.4. The number of hydrogen-bond acceptors (Lipinski definition) is 3. The first-order valence-corrected chi connectivity index (χ1v) is 4.11. The molecule has 3 nitrogen and oxygen atoms in total. The van der Waals surface area contributed by atoms with Crippen LogP contribution in [0.25, 0.3) is 0 Å². The highest BCUT2D eigenvalue weighted by atomic mass is 127. The van der Waals surface area contributed by atoms with Crippen LogP contribution in [0.5, 0.6) is 0 Å². The van der Waals surface area contributed by atoms with Gasteiger partial charge in [-0.3, -0.25) is 4.79 Å². The molecule has 1 rings (SSSR count). The molecule has 0 fully saturated rings. The largest absolute Gasteiger partial charge is 0.384 e. The van der Waals surface area contributed by atoms with Crippen LogP contribution in [-0.2, 0) is 0 Å². The number of anilines is 1. The van der Waals surface area contributed by atoms with Crippen molar-refractivity contribution < 1.29 is 4.79 Å². The van der Waals surface area contributed by atoms with Gasteiger partial charge < -0.3 is 5.73 Å². The summed E-state index contributed by atoms with van der Waals surface area (Å²) in [6.07, 6.45) is 0.795. The van der Waals surface area contributed by atoms with Crippen LogP contribution in [0.2, 0.25) is 0 Å². The Morgan fingerprint density at radius 2 is 2.36 bits per heavy atom. The Bertz CT molecular complexity index is 275. The molecule has 1 aromatic rings. The lowest BCUT2D eigenvalue weighted by molar-refractivity contribution is 0.112. The summed E-state index contributed by atoms with van der Waals surface area (Å²) in [5.74, 6) is 0.456. The minimum absolute atomic E-state index is 0.456. The van der Waals surface area contributed by atoms with Gasteiger partial charge in [-0.25, -0.2) is 4.98 Å². The lowest BCUT2D eigenvalue weighted by atomic mass is 10.2. The minimum atomic E-state index is 0.456. The molecule has 0 saturated heterocycles. The number of rotatable bonds is 1. The Hall–Kier alpha value is -0.650. The molecule has 0 amide bonds. The summed E-state index contributed by atoms with van der Waals surface area (Å²) in [7, 11) is 0. The van der Waals surface area contributed by atoms with Gasteiger partial charge in [-0.1, -0.05) is 0 Å². The van der Waals surface area contributed by atoms with E-state index >= 15 is 0 Å². The van der Waals surface area contributed by atoms with Crippen LogP contribution >= 0.6 is 22.6 Å². The monoisotopic (exact) mass is 262 g/mol. The summed E-state index contributed by atoms with van der Waals surface area (Å²) in [6.45, 7) is 1.77. The van der Waals surface area contributed by atoms with E-state index in [-0.39, 0.29) is 0 Å². The molecule has 0 unspecified atom stereocenters. The van der Waals surface area contributed by atoms with E-state index < -0.39 is 0 Å². The van der Waals surface area contributed by atoms with Crippen LogP contribution in [0.15, 0.2) is 6.07 Å². The fourth-order valence-electron chi connectivity index (χ4n) is 0.808. The summed E-state index contributed by atoms with van der Waals surface area (Å²) >= 11 is 2.06. The van der Waals surface area contributed by atoms with E-state index in [1.807, 2.05) is 0 Å². The Morgan fingerprint density at radius 3 is 2.82 bits per heavy atom. The first-order chi connectivity index (χ1) is 5.15.